The average Bonchev–Trinajstić information content (AvgIpc) is 2.82. The smallest absolute Gasteiger partial charge is 0.0935 e. The number of rotatable bonds is 4. The van der Waals surface area contributed by atoms with E-state index in [2.05, 4.69) is 0 Å². The SMILES string of the molecule is CN(C)c1cccc(C(O)Cc2ccoc2)c1. The first kappa shape index (κ1) is 11.7. The molecule has 1 atom stereocenters. The summed E-state index contributed by atoms with van der Waals surface area (Å²) in [5.74, 6) is 0. The average molecular weight is 231 g/mol. The third kappa shape index (κ3) is 2.88. The molecular weight excluding hydrogens is 214 g/mol. The predicted octanol–water partition coefficient (Wildman–Crippen LogP) is 2.62. The third-order valence-corrected chi connectivity index (χ3v) is 2.78. The van der Waals surface area contributed by atoms with E-state index in [4.69, 9.17) is 4.42 Å². The van der Waals surface area contributed by atoms with Gasteiger partial charge in [0.25, 0.3) is 0 Å². The first-order valence-electron chi connectivity index (χ1n) is 5.63. The second-order valence-electron chi connectivity index (χ2n) is 4.34. The molecule has 3 heteroatoms. The molecule has 2 rings (SSSR count). The summed E-state index contributed by atoms with van der Waals surface area (Å²) in [6.07, 6.45) is 3.37. The number of aliphatic hydroxyl groups excluding tert-OH is 1. The molecule has 0 aliphatic carbocycles. The second-order valence-corrected chi connectivity index (χ2v) is 4.34. The van der Waals surface area contributed by atoms with Crippen LogP contribution < -0.4 is 4.90 Å². The molecule has 90 valence electrons. The van der Waals surface area contributed by atoms with Crippen LogP contribution in [0, 0.1) is 0 Å². The lowest BCUT2D eigenvalue weighted by molar-refractivity contribution is 0.178. The highest BCUT2D eigenvalue weighted by atomic mass is 16.3. The molecule has 3 nitrogen and oxygen atoms in total. The summed E-state index contributed by atoms with van der Waals surface area (Å²) in [5, 5.41) is 10.1. The topological polar surface area (TPSA) is 36.6 Å². The van der Waals surface area contributed by atoms with E-state index in [1.807, 2.05) is 49.3 Å². The number of furan rings is 1. The zero-order valence-electron chi connectivity index (χ0n) is 10.1. The van der Waals surface area contributed by atoms with Gasteiger partial charge in [-0.15, -0.1) is 0 Å². The highest BCUT2D eigenvalue weighted by Gasteiger charge is 2.10. The van der Waals surface area contributed by atoms with Crippen molar-refractivity contribution in [2.24, 2.45) is 0 Å². The number of hydrogen-bond donors (Lipinski definition) is 1. The zero-order chi connectivity index (χ0) is 12.3. The Bertz CT molecular complexity index is 463. The molecule has 0 spiro atoms. The van der Waals surface area contributed by atoms with Crippen LogP contribution >= 0.6 is 0 Å². The van der Waals surface area contributed by atoms with Gasteiger partial charge in [0.05, 0.1) is 18.6 Å². The van der Waals surface area contributed by atoms with Crippen molar-refractivity contribution >= 4 is 5.69 Å². The van der Waals surface area contributed by atoms with Crippen LogP contribution in [0.5, 0.6) is 0 Å². The van der Waals surface area contributed by atoms with Gasteiger partial charge in [-0.25, -0.2) is 0 Å². The fourth-order valence-electron chi connectivity index (χ4n) is 1.76. The first-order chi connectivity index (χ1) is 8.16. The van der Waals surface area contributed by atoms with Gasteiger partial charge in [0.2, 0.25) is 0 Å². The fourth-order valence-corrected chi connectivity index (χ4v) is 1.76. The first-order valence-corrected chi connectivity index (χ1v) is 5.63. The maximum atomic E-state index is 10.1. The third-order valence-electron chi connectivity index (χ3n) is 2.78. The Kier molecular flexibility index (Phi) is 3.49. The van der Waals surface area contributed by atoms with Gasteiger partial charge in [0.15, 0.2) is 0 Å². The van der Waals surface area contributed by atoms with Gasteiger partial charge in [0, 0.05) is 26.2 Å². The van der Waals surface area contributed by atoms with Gasteiger partial charge in [0.1, 0.15) is 0 Å². The lowest BCUT2D eigenvalue weighted by Gasteiger charge is -2.16. The molecule has 1 aromatic carbocycles. The van der Waals surface area contributed by atoms with Crippen molar-refractivity contribution in [2.45, 2.75) is 12.5 Å². The molecule has 2 aromatic rings. The van der Waals surface area contributed by atoms with Gasteiger partial charge in [-0.3, -0.25) is 0 Å². The van der Waals surface area contributed by atoms with Crippen LogP contribution in [0.2, 0.25) is 0 Å². The minimum Gasteiger partial charge on any atom is -0.472 e. The molecule has 1 unspecified atom stereocenters. The van der Waals surface area contributed by atoms with E-state index >= 15 is 0 Å². The number of benzene rings is 1. The molecule has 1 aromatic heterocycles. The summed E-state index contributed by atoms with van der Waals surface area (Å²) in [7, 11) is 3.98. The van der Waals surface area contributed by atoms with Crippen LogP contribution in [0.15, 0.2) is 47.3 Å². The van der Waals surface area contributed by atoms with Gasteiger partial charge in [-0.2, -0.15) is 0 Å². The Morgan fingerprint density at radius 2 is 2.12 bits per heavy atom. The summed E-state index contributed by atoms with van der Waals surface area (Å²) in [5.41, 5.74) is 3.03. The van der Waals surface area contributed by atoms with Crippen LogP contribution in [-0.2, 0) is 6.42 Å². The summed E-state index contributed by atoms with van der Waals surface area (Å²) >= 11 is 0. The van der Waals surface area contributed by atoms with Crippen molar-refractivity contribution in [3.63, 3.8) is 0 Å². The molecular formula is C14H17NO2. The normalized spacial score (nSPS) is 12.4. The molecule has 0 aliphatic rings. The largest absolute Gasteiger partial charge is 0.472 e. The number of aliphatic hydroxyl groups is 1. The zero-order valence-corrected chi connectivity index (χ0v) is 10.1. The lowest BCUT2D eigenvalue weighted by Crippen LogP contribution is -2.09. The Labute approximate surface area is 101 Å². The van der Waals surface area contributed by atoms with Crippen LogP contribution in [0.1, 0.15) is 17.2 Å². The summed E-state index contributed by atoms with van der Waals surface area (Å²) < 4.78 is 4.99. The highest BCUT2D eigenvalue weighted by molar-refractivity contribution is 5.47. The maximum Gasteiger partial charge on any atom is 0.0935 e. The standard InChI is InChI=1S/C14H17NO2/c1-15(2)13-5-3-4-12(9-13)14(16)8-11-6-7-17-10-11/h3-7,9-10,14,16H,8H2,1-2H3. The van der Waals surface area contributed by atoms with E-state index in [0.29, 0.717) is 6.42 Å². The molecule has 0 bridgehead atoms. The van der Waals surface area contributed by atoms with Crippen molar-refractivity contribution in [1.29, 1.82) is 0 Å². The molecule has 1 N–H and O–H groups in total. The van der Waals surface area contributed by atoms with E-state index in [0.717, 1.165) is 16.8 Å². The van der Waals surface area contributed by atoms with E-state index in [9.17, 15) is 5.11 Å². The van der Waals surface area contributed by atoms with Crippen molar-refractivity contribution in [3.05, 3.63) is 54.0 Å². The molecule has 0 radical (unpaired) electrons. The molecule has 0 aliphatic heterocycles. The molecule has 0 saturated heterocycles. The Morgan fingerprint density at radius 1 is 1.29 bits per heavy atom. The molecule has 17 heavy (non-hydrogen) atoms. The predicted molar refractivity (Wildman–Crippen MR) is 68.1 cm³/mol. The van der Waals surface area contributed by atoms with E-state index in [1.165, 1.54) is 0 Å². The highest BCUT2D eigenvalue weighted by Crippen LogP contribution is 2.22. The molecule has 0 fully saturated rings. The number of nitrogens with zero attached hydrogens (tertiary/aromatic N) is 1. The van der Waals surface area contributed by atoms with E-state index < -0.39 is 6.10 Å². The van der Waals surface area contributed by atoms with E-state index in [-0.39, 0.29) is 0 Å². The minimum atomic E-state index is -0.493. The Hall–Kier alpha value is -1.74. The summed E-state index contributed by atoms with van der Waals surface area (Å²) in [4.78, 5) is 2.02. The van der Waals surface area contributed by atoms with Gasteiger partial charge in [-0.1, -0.05) is 12.1 Å². The van der Waals surface area contributed by atoms with Crippen LogP contribution in [0.4, 0.5) is 5.69 Å². The Morgan fingerprint density at radius 3 is 2.76 bits per heavy atom. The van der Waals surface area contributed by atoms with Gasteiger partial charge < -0.3 is 14.4 Å². The number of anilines is 1. The maximum absolute atomic E-state index is 10.1. The van der Waals surface area contributed by atoms with Gasteiger partial charge >= 0.3 is 0 Å². The monoisotopic (exact) mass is 231 g/mol. The second kappa shape index (κ2) is 5.06. The van der Waals surface area contributed by atoms with Crippen molar-refractivity contribution in [1.82, 2.24) is 0 Å². The fraction of sp³-hybridized carbons (Fsp3) is 0.286. The van der Waals surface area contributed by atoms with E-state index in [1.54, 1.807) is 12.5 Å². The Balaban J connectivity index is 2.13. The molecule has 0 amide bonds. The molecule has 0 saturated carbocycles. The minimum absolute atomic E-state index is 0.493. The van der Waals surface area contributed by atoms with Crippen LogP contribution in [0.3, 0.4) is 0 Å². The van der Waals surface area contributed by atoms with Crippen molar-refractivity contribution in [3.8, 4) is 0 Å². The van der Waals surface area contributed by atoms with Crippen LogP contribution in [0.25, 0.3) is 0 Å². The van der Waals surface area contributed by atoms with Crippen molar-refractivity contribution in [2.75, 3.05) is 19.0 Å². The summed E-state index contributed by atoms with van der Waals surface area (Å²) in [6, 6.07) is 9.80. The number of hydrogen-bond acceptors (Lipinski definition) is 3. The summed E-state index contributed by atoms with van der Waals surface area (Å²) in [6.45, 7) is 0. The lowest BCUT2D eigenvalue weighted by atomic mass is 10.0. The molecule has 1 heterocycles. The van der Waals surface area contributed by atoms with Gasteiger partial charge in [-0.05, 0) is 29.3 Å². The quantitative estimate of drug-likeness (QED) is 0.878. The van der Waals surface area contributed by atoms with Crippen molar-refractivity contribution < 1.29 is 9.52 Å². The van der Waals surface area contributed by atoms with Crippen LogP contribution in [-0.4, -0.2) is 19.2 Å².